The zero-order chi connectivity index (χ0) is 15.6. The average Bonchev–Trinajstić information content (AvgIpc) is 2.46. The van der Waals surface area contributed by atoms with E-state index in [4.69, 9.17) is 0 Å². The second-order valence-electron chi connectivity index (χ2n) is 5.61. The van der Waals surface area contributed by atoms with Gasteiger partial charge in [0.25, 0.3) is 5.91 Å². The number of hydrogen-bond acceptors (Lipinski definition) is 2. The fourth-order valence-electron chi connectivity index (χ4n) is 2.91. The van der Waals surface area contributed by atoms with Crippen molar-refractivity contribution in [3.05, 3.63) is 35.1 Å². The molecule has 2 rings (SSSR count). The molecule has 1 heterocycles. The van der Waals surface area contributed by atoms with E-state index in [1.54, 1.807) is 6.92 Å². The molecule has 1 aliphatic heterocycles. The lowest BCUT2D eigenvalue weighted by Crippen LogP contribution is -2.50. The van der Waals surface area contributed by atoms with Gasteiger partial charge in [-0.25, -0.2) is 9.18 Å². The van der Waals surface area contributed by atoms with Crippen molar-refractivity contribution in [2.24, 2.45) is 5.92 Å². The summed E-state index contributed by atoms with van der Waals surface area (Å²) < 4.78 is 13.1. The van der Waals surface area contributed by atoms with Gasteiger partial charge in [-0.3, -0.25) is 4.79 Å². The number of halogens is 1. The monoisotopic (exact) mass is 293 g/mol. The Kier molecular flexibility index (Phi) is 4.60. The van der Waals surface area contributed by atoms with Gasteiger partial charge in [0.15, 0.2) is 0 Å². The molecule has 5 heteroatoms. The van der Waals surface area contributed by atoms with Crippen molar-refractivity contribution >= 4 is 11.9 Å². The lowest BCUT2D eigenvalue weighted by atomic mass is 9.88. The van der Waals surface area contributed by atoms with Crippen molar-refractivity contribution in [3.63, 3.8) is 0 Å². The van der Waals surface area contributed by atoms with Crippen LogP contribution in [-0.4, -0.2) is 34.5 Å². The molecule has 0 saturated carbocycles. The van der Waals surface area contributed by atoms with Gasteiger partial charge in [0.1, 0.15) is 11.9 Å². The SMILES string of the molecule is CCC1CCN(C(=O)c2ccc(F)cc2C)C(C(=O)O)C1. The summed E-state index contributed by atoms with van der Waals surface area (Å²) in [4.78, 5) is 25.4. The number of nitrogens with zero attached hydrogens (tertiary/aromatic N) is 1. The molecular weight excluding hydrogens is 273 g/mol. The number of aliphatic carboxylic acids is 1. The van der Waals surface area contributed by atoms with Crippen molar-refractivity contribution in [2.45, 2.75) is 39.2 Å². The van der Waals surface area contributed by atoms with E-state index in [9.17, 15) is 19.1 Å². The molecule has 0 spiro atoms. The van der Waals surface area contributed by atoms with E-state index in [1.165, 1.54) is 23.1 Å². The molecule has 1 aromatic carbocycles. The smallest absolute Gasteiger partial charge is 0.326 e. The fraction of sp³-hybridized carbons (Fsp3) is 0.500. The molecule has 4 nitrogen and oxygen atoms in total. The van der Waals surface area contributed by atoms with Crippen LogP contribution in [0.3, 0.4) is 0 Å². The van der Waals surface area contributed by atoms with Crippen molar-refractivity contribution in [1.82, 2.24) is 4.90 Å². The van der Waals surface area contributed by atoms with Gasteiger partial charge in [0, 0.05) is 12.1 Å². The summed E-state index contributed by atoms with van der Waals surface area (Å²) in [6.45, 7) is 4.13. The van der Waals surface area contributed by atoms with Crippen LogP contribution in [0.2, 0.25) is 0 Å². The molecule has 1 aromatic rings. The third-order valence-corrected chi connectivity index (χ3v) is 4.25. The predicted octanol–water partition coefficient (Wildman–Crippen LogP) is 2.85. The summed E-state index contributed by atoms with van der Waals surface area (Å²) in [6.07, 6.45) is 2.21. The van der Waals surface area contributed by atoms with Crippen LogP contribution >= 0.6 is 0 Å². The number of piperidine rings is 1. The van der Waals surface area contributed by atoms with Crippen LogP contribution in [0.1, 0.15) is 42.1 Å². The van der Waals surface area contributed by atoms with Gasteiger partial charge < -0.3 is 10.0 Å². The normalized spacial score (nSPS) is 22.1. The van der Waals surface area contributed by atoms with Gasteiger partial charge >= 0.3 is 5.97 Å². The lowest BCUT2D eigenvalue weighted by Gasteiger charge is -2.37. The van der Waals surface area contributed by atoms with Crippen LogP contribution in [0.15, 0.2) is 18.2 Å². The summed E-state index contributed by atoms with van der Waals surface area (Å²) in [5.41, 5.74) is 0.902. The number of carboxylic acids is 1. The first kappa shape index (κ1) is 15.5. The second-order valence-corrected chi connectivity index (χ2v) is 5.61. The largest absolute Gasteiger partial charge is 0.480 e. The maximum Gasteiger partial charge on any atom is 0.326 e. The average molecular weight is 293 g/mol. The van der Waals surface area contributed by atoms with Crippen molar-refractivity contribution in [2.75, 3.05) is 6.54 Å². The molecular formula is C16H20FNO3. The molecule has 1 N–H and O–H groups in total. The number of aryl methyl sites for hydroxylation is 1. The number of carbonyl (C=O) groups excluding carboxylic acids is 1. The van der Waals surface area contributed by atoms with Gasteiger partial charge in [0.05, 0.1) is 0 Å². The molecule has 0 aromatic heterocycles. The molecule has 0 bridgehead atoms. The summed E-state index contributed by atoms with van der Waals surface area (Å²) in [5, 5.41) is 9.38. The van der Waals surface area contributed by atoms with E-state index in [1.807, 2.05) is 6.92 Å². The Hall–Kier alpha value is -1.91. The molecule has 1 saturated heterocycles. The highest BCUT2D eigenvalue weighted by Crippen LogP contribution is 2.27. The van der Waals surface area contributed by atoms with E-state index in [2.05, 4.69) is 0 Å². The number of likely N-dealkylation sites (tertiary alicyclic amines) is 1. The van der Waals surface area contributed by atoms with Crippen molar-refractivity contribution in [3.8, 4) is 0 Å². The van der Waals surface area contributed by atoms with Crippen molar-refractivity contribution in [1.29, 1.82) is 0 Å². The standard InChI is InChI=1S/C16H20FNO3/c1-3-11-6-7-18(14(9-11)16(20)21)15(19)13-5-4-12(17)8-10(13)2/h4-5,8,11,14H,3,6-7,9H2,1-2H3,(H,20,21). The van der Waals surface area contributed by atoms with E-state index in [0.717, 1.165) is 12.8 Å². The second kappa shape index (κ2) is 6.24. The van der Waals surface area contributed by atoms with Gasteiger partial charge in [-0.05, 0) is 49.4 Å². The molecule has 1 amide bonds. The highest BCUT2D eigenvalue weighted by molar-refractivity contribution is 5.98. The molecule has 0 aliphatic carbocycles. The van der Waals surface area contributed by atoms with E-state index in [-0.39, 0.29) is 5.91 Å². The minimum Gasteiger partial charge on any atom is -0.480 e. The highest BCUT2D eigenvalue weighted by atomic mass is 19.1. The maximum absolute atomic E-state index is 13.1. The number of rotatable bonds is 3. The Labute approximate surface area is 123 Å². The van der Waals surface area contributed by atoms with Crippen LogP contribution in [0, 0.1) is 18.7 Å². The Morgan fingerprint density at radius 1 is 1.43 bits per heavy atom. The molecule has 2 atom stereocenters. The quantitative estimate of drug-likeness (QED) is 0.932. The first-order chi connectivity index (χ1) is 9.93. The Balaban J connectivity index is 2.26. The van der Waals surface area contributed by atoms with Crippen molar-refractivity contribution < 1.29 is 19.1 Å². The summed E-state index contributed by atoms with van der Waals surface area (Å²) >= 11 is 0. The van der Waals surface area contributed by atoms with Crippen LogP contribution in [-0.2, 0) is 4.79 Å². The van der Waals surface area contributed by atoms with Crippen LogP contribution in [0.25, 0.3) is 0 Å². The first-order valence-electron chi connectivity index (χ1n) is 7.24. The molecule has 1 fully saturated rings. The van der Waals surface area contributed by atoms with Crippen LogP contribution in [0.4, 0.5) is 4.39 Å². The zero-order valence-corrected chi connectivity index (χ0v) is 12.3. The molecule has 21 heavy (non-hydrogen) atoms. The van der Waals surface area contributed by atoms with Crippen LogP contribution in [0.5, 0.6) is 0 Å². The maximum atomic E-state index is 13.1. The summed E-state index contributed by atoms with van der Waals surface area (Å²) in [5.74, 6) is -1.36. The van der Waals surface area contributed by atoms with Gasteiger partial charge in [-0.1, -0.05) is 13.3 Å². The van der Waals surface area contributed by atoms with E-state index < -0.39 is 17.8 Å². The Bertz CT molecular complexity index is 558. The molecule has 114 valence electrons. The third-order valence-electron chi connectivity index (χ3n) is 4.25. The Morgan fingerprint density at radius 3 is 2.71 bits per heavy atom. The van der Waals surface area contributed by atoms with E-state index in [0.29, 0.717) is 30.0 Å². The third kappa shape index (κ3) is 3.23. The number of hydrogen-bond donors (Lipinski definition) is 1. The highest BCUT2D eigenvalue weighted by Gasteiger charge is 2.36. The number of carboxylic acid groups (broad SMARTS) is 1. The minimum atomic E-state index is -0.971. The van der Waals surface area contributed by atoms with Crippen LogP contribution < -0.4 is 0 Å². The molecule has 1 aliphatic rings. The summed E-state index contributed by atoms with van der Waals surface area (Å²) in [6, 6.07) is 3.16. The lowest BCUT2D eigenvalue weighted by molar-refractivity contribution is -0.144. The van der Waals surface area contributed by atoms with Gasteiger partial charge in [-0.15, -0.1) is 0 Å². The van der Waals surface area contributed by atoms with Gasteiger partial charge in [-0.2, -0.15) is 0 Å². The minimum absolute atomic E-state index is 0.325. The molecule has 2 unspecified atom stereocenters. The number of carbonyl (C=O) groups is 2. The Morgan fingerprint density at radius 2 is 2.14 bits per heavy atom. The van der Waals surface area contributed by atoms with Gasteiger partial charge in [0.2, 0.25) is 0 Å². The molecule has 0 radical (unpaired) electrons. The number of amides is 1. The number of benzene rings is 1. The fourth-order valence-corrected chi connectivity index (χ4v) is 2.91. The zero-order valence-electron chi connectivity index (χ0n) is 12.3. The first-order valence-corrected chi connectivity index (χ1v) is 7.24. The predicted molar refractivity (Wildman–Crippen MR) is 76.6 cm³/mol. The summed E-state index contributed by atoms with van der Waals surface area (Å²) in [7, 11) is 0. The van der Waals surface area contributed by atoms with E-state index >= 15 is 0 Å². The topological polar surface area (TPSA) is 57.6 Å².